The van der Waals surface area contributed by atoms with Gasteiger partial charge in [0.05, 0.1) is 18.7 Å². The molecule has 0 bridgehead atoms. The molecule has 1 aliphatic heterocycles. The molecule has 1 aliphatic rings. The summed E-state index contributed by atoms with van der Waals surface area (Å²) in [5.74, 6) is 0.705. The van der Waals surface area contributed by atoms with Crippen LogP contribution in [0.25, 0.3) is 22.8 Å². The van der Waals surface area contributed by atoms with Crippen LogP contribution in [0.3, 0.4) is 0 Å². The van der Waals surface area contributed by atoms with Crippen molar-refractivity contribution in [1.82, 2.24) is 24.8 Å². The first-order valence-electron chi connectivity index (χ1n) is 12.0. The lowest BCUT2D eigenvalue weighted by atomic mass is 10.1. The molecule has 178 valence electrons. The third kappa shape index (κ3) is 5.82. The van der Waals surface area contributed by atoms with Crippen molar-refractivity contribution < 1.29 is 9.53 Å². The van der Waals surface area contributed by atoms with Crippen LogP contribution < -0.4 is 5.32 Å². The number of hydrogen-bond donors (Lipinski definition) is 1. The number of hydrogen-bond acceptors (Lipinski definition) is 5. The fraction of sp³-hybridized carbons (Fsp3) is 0.250. The van der Waals surface area contributed by atoms with Gasteiger partial charge in [0.25, 0.3) is 0 Å². The number of rotatable bonds is 8. The number of ether oxygens (including phenoxy) is 1. The first-order chi connectivity index (χ1) is 17.3. The van der Waals surface area contributed by atoms with Gasteiger partial charge in [-0.2, -0.15) is 0 Å². The highest BCUT2D eigenvalue weighted by Crippen LogP contribution is 2.25. The first kappa shape index (κ1) is 23.0. The van der Waals surface area contributed by atoms with E-state index in [2.05, 4.69) is 55.2 Å². The average Bonchev–Trinajstić information content (AvgIpc) is 3.30. The molecule has 3 aromatic heterocycles. The van der Waals surface area contributed by atoms with Crippen LogP contribution in [0.4, 0.5) is 0 Å². The number of carbonyl (C=O) groups is 1. The number of para-hydroxylation sites is 1. The summed E-state index contributed by atoms with van der Waals surface area (Å²) < 4.78 is 7.62. The van der Waals surface area contributed by atoms with E-state index in [1.165, 1.54) is 17.0 Å². The van der Waals surface area contributed by atoms with E-state index < -0.39 is 0 Å². The summed E-state index contributed by atoms with van der Waals surface area (Å²) in [6.07, 6.45) is 11.7. The maximum atomic E-state index is 12.1. The Hall–Kier alpha value is -3.81. The predicted octanol–water partition coefficient (Wildman–Crippen LogP) is 3.62. The Morgan fingerprint density at radius 1 is 1.06 bits per heavy atom. The summed E-state index contributed by atoms with van der Waals surface area (Å²) in [6, 6.07) is 16.2. The molecule has 0 radical (unpaired) electrons. The van der Waals surface area contributed by atoms with Gasteiger partial charge in [-0.3, -0.25) is 14.7 Å². The molecule has 4 aromatic rings. The summed E-state index contributed by atoms with van der Waals surface area (Å²) in [5.41, 5.74) is 4.30. The zero-order valence-electron chi connectivity index (χ0n) is 19.6. The van der Waals surface area contributed by atoms with Gasteiger partial charge in [-0.25, -0.2) is 4.98 Å². The van der Waals surface area contributed by atoms with Crippen LogP contribution in [0, 0.1) is 0 Å². The minimum atomic E-state index is -0.153. The Morgan fingerprint density at radius 2 is 1.94 bits per heavy atom. The fourth-order valence-corrected chi connectivity index (χ4v) is 4.30. The van der Waals surface area contributed by atoms with Gasteiger partial charge in [0.15, 0.2) is 0 Å². The van der Waals surface area contributed by atoms with Crippen LogP contribution in [0.5, 0.6) is 0 Å². The number of morpholine rings is 1. The zero-order chi connectivity index (χ0) is 23.9. The van der Waals surface area contributed by atoms with Gasteiger partial charge in [-0.05, 0) is 53.5 Å². The molecule has 0 spiro atoms. The molecule has 1 aromatic carbocycles. The molecule has 1 amide bonds. The molecule has 35 heavy (non-hydrogen) atoms. The maximum absolute atomic E-state index is 12.1. The lowest BCUT2D eigenvalue weighted by Gasteiger charge is -2.26. The van der Waals surface area contributed by atoms with Crippen molar-refractivity contribution in [3.05, 3.63) is 96.1 Å². The average molecular weight is 468 g/mol. The second kappa shape index (κ2) is 11.1. The number of benzene rings is 1. The Labute approximate surface area is 205 Å². The van der Waals surface area contributed by atoms with Crippen LogP contribution in [-0.2, 0) is 22.5 Å². The van der Waals surface area contributed by atoms with Crippen LogP contribution >= 0.6 is 0 Å². The van der Waals surface area contributed by atoms with Crippen molar-refractivity contribution in [2.75, 3.05) is 32.8 Å². The normalized spacial score (nSPS) is 14.5. The van der Waals surface area contributed by atoms with E-state index in [4.69, 9.17) is 4.74 Å². The maximum Gasteiger partial charge on any atom is 0.244 e. The number of nitrogens with zero attached hydrogens (tertiary/aromatic N) is 4. The van der Waals surface area contributed by atoms with E-state index in [1.807, 2.05) is 24.3 Å². The van der Waals surface area contributed by atoms with Crippen LogP contribution in [0.2, 0.25) is 0 Å². The number of aromatic nitrogens is 3. The largest absolute Gasteiger partial charge is 0.379 e. The lowest BCUT2D eigenvalue weighted by Crippen LogP contribution is -2.37. The third-order valence-corrected chi connectivity index (χ3v) is 6.23. The molecule has 1 saturated heterocycles. The van der Waals surface area contributed by atoms with Gasteiger partial charge in [0.1, 0.15) is 5.82 Å². The number of amides is 1. The molecule has 0 saturated carbocycles. The summed E-state index contributed by atoms with van der Waals surface area (Å²) in [4.78, 5) is 23.3. The van der Waals surface area contributed by atoms with E-state index >= 15 is 0 Å². The highest BCUT2D eigenvalue weighted by Gasteiger charge is 2.14. The standard InChI is InChI=1S/C28H29N5O2/c34-28(31-20-23-4-3-12-29-18-23)10-8-22-7-9-27(30-19-22)33-21-24(25-5-1-2-6-26(25)33)11-13-32-14-16-35-17-15-32/h1-10,12,18-19,21H,11,13-17,20H2,(H,31,34). The van der Waals surface area contributed by atoms with E-state index in [-0.39, 0.29) is 5.91 Å². The van der Waals surface area contributed by atoms with Crippen LogP contribution in [-0.4, -0.2) is 58.2 Å². The molecular weight excluding hydrogens is 438 g/mol. The quantitative estimate of drug-likeness (QED) is 0.401. The molecular formula is C28H29N5O2. The Kier molecular flexibility index (Phi) is 7.27. The van der Waals surface area contributed by atoms with Crippen molar-refractivity contribution in [3.8, 4) is 5.82 Å². The monoisotopic (exact) mass is 467 g/mol. The minimum Gasteiger partial charge on any atom is -0.379 e. The minimum absolute atomic E-state index is 0.153. The van der Waals surface area contributed by atoms with E-state index in [0.717, 1.165) is 61.7 Å². The van der Waals surface area contributed by atoms with E-state index in [9.17, 15) is 4.79 Å². The zero-order valence-corrected chi connectivity index (χ0v) is 19.6. The molecule has 5 rings (SSSR count). The molecule has 1 N–H and O–H groups in total. The summed E-state index contributed by atoms with van der Waals surface area (Å²) in [7, 11) is 0. The summed E-state index contributed by atoms with van der Waals surface area (Å²) >= 11 is 0. The molecule has 4 heterocycles. The van der Waals surface area contributed by atoms with Gasteiger partial charge >= 0.3 is 0 Å². The number of fused-ring (bicyclic) bond motifs is 1. The van der Waals surface area contributed by atoms with Crippen molar-refractivity contribution in [2.24, 2.45) is 0 Å². The molecule has 0 atom stereocenters. The van der Waals surface area contributed by atoms with E-state index in [1.54, 1.807) is 24.7 Å². The lowest BCUT2D eigenvalue weighted by molar-refractivity contribution is -0.116. The van der Waals surface area contributed by atoms with Crippen molar-refractivity contribution >= 4 is 22.9 Å². The first-order valence-corrected chi connectivity index (χ1v) is 12.0. The Morgan fingerprint density at radius 3 is 2.74 bits per heavy atom. The van der Waals surface area contributed by atoms with Gasteiger partial charge in [0.2, 0.25) is 5.91 Å². The molecule has 0 aliphatic carbocycles. The number of carbonyl (C=O) groups excluding carboxylic acids is 1. The summed E-state index contributed by atoms with van der Waals surface area (Å²) in [6.45, 7) is 5.10. The smallest absolute Gasteiger partial charge is 0.244 e. The van der Waals surface area contributed by atoms with Gasteiger partial charge < -0.3 is 14.6 Å². The molecule has 7 heteroatoms. The van der Waals surface area contributed by atoms with Crippen molar-refractivity contribution in [1.29, 1.82) is 0 Å². The summed E-state index contributed by atoms with van der Waals surface area (Å²) in [5, 5.41) is 4.13. The third-order valence-electron chi connectivity index (χ3n) is 6.23. The van der Waals surface area contributed by atoms with Crippen molar-refractivity contribution in [3.63, 3.8) is 0 Å². The number of nitrogens with one attached hydrogen (secondary N) is 1. The Balaban J connectivity index is 1.26. The SMILES string of the molecule is O=C(C=Cc1ccc(-n2cc(CCN3CCOCC3)c3ccccc32)nc1)NCc1cccnc1. The predicted molar refractivity (Wildman–Crippen MR) is 137 cm³/mol. The molecule has 1 fully saturated rings. The second-order valence-corrected chi connectivity index (χ2v) is 8.61. The van der Waals surface area contributed by atoms with Crippen molar-refractivity contribution in [2.45, 2.75) is 13.0 Å². The van der Waals surface area contributed by atoms with Crippen LogP contribution in [0.1, 0.15) is 16.7 Å². The molecule has 0 unspecified atom stereocenters. The van der Waals surface area contributed by atoms with Gasteiger partial charge in [-0.15, -0.1) is 0 Å². The van der Waals surface area contributed by atoms with Gasteiger partial charge in [0, 0.05) is 62.4 Å². The Bertz CT molecular complexity index is 1290. The highest BCUT2D eigenvalue weighted by molar-refractivity contribution is 5.91. The molecule has 7 nitrogen and oxygen atoms in total. The highest BCUT2D eigenvalue weighted by atomic mass is 16.5. The topological polar surface area (TPSA) is 72.3 Å². The van der Waals surface area contributed by atoms with E-state index in [0.29, 0.717) is 6.54 Å². The number of pyridine rings is 2. The second-order valence-electron chi connectivity index (χ2n) is 8.61. The fourth-order valence-electron chi connectivity index (χ4n) is 4.30. The van der Waals surface area contributed by atoms with Crippen LogP contribution in [0.15, 0.2) is 79.4 Å². The van der Waals surface area contributed by atoms with Gasteiger partial charge in [-0.1, -0.05) is 24.3 Å².